The number of rotatable bonds is 2. The van der Waals surface area contributed by atoms with Gasteiger partial charge in [0.1, 0.15) is 10.7 Å². The van der Waals surface area contributed by atoms with Gasteiger partial charge in [-0.05, 0) is 32.8 Å². The predicted molar refractivity (Wildman–Crippen MR) is 95.8 cm³/mol. The summed E-state index contributed by atoms with van der Waals surface area (Å²) in [6, 6.07) is 1.93. The maximum Gasteiger partial charge on any atom is 0.228 e. The smallest absolute Gasteiger partial charge is 0.228 e. The molecule has 0 spiro atoms. The summed E-state index contributed by atoms with van der Waals surface area (Å²) in [5.41, 5.74) is 2.38. The van der Waals surface area contributed by atoms with Gasteiger partial charge in [-0.15, -0.1) is 11.3 Å². The first-order valence-corrected chi connectivity index (χ1v) is 9.23. The van der Waals surface area contributed by atoms with Gasteiger partial charge in [0.25, 0.3) is 0 Å². The molecule has 0 unspecified atom stereocenters. The van der Waals surface area contributed by atoms with Gasteiger partial charge in [-0.3, -0.25) is 4.79 Å². The molecule has 2 aromatic heterocycles. The number of aromatic nitrogens is 3. The van der Waals surface area contributed by atoms with Crippen molar-refractivity contribution in [3.63, 3.8) is 0 Å². The van der Waals surface area contributed by atoms with Crippen molar-refractivity contribution in [2.24, 2.45) is 5.41 Å². The Labute approximate surface area is 147 Å². The lowest BCUT2D eigenvalue weighted by molar-refractivity contribution is -0.140. The summed E-state index contributed by atoms with van der Waals surface area (Å²) in [6.45, 7) is 10.6. The molecule has 128 valence electrons. The molecule has 1 aliphatic rings. The molecule has 1 fully saturated rings. The lowest BCUT2D eigenvalue weighted by Crippen LogP contribution is -2.39. The Bertz CT molecular complexity index is 763. The molecule has 0 radical (unpaired) electrons. The van der Waals surface area contributed by atoms with Crippen molar-refractivity contribution in [2.45, 2.75) is 53.5 Å². The molecule has 24 heavy (non-hydrogen) atoms. The van der Waals surface area contributed by atoms with E-state index in [4.69, 9.17) is 4.98 Å². The topological polar surface area (TPSA) is 59.0 Å². The molecule has 6 heteroatoms. The molecule has 1 amide bonds. The van der Waals surface area contributed by atoms with Crippen molar-refractivity contribution in [3.8, 4) is 10.7 Å². The SMILES string of the molecule is Cc1cc(-c2nc(C)cs2)nc([C@H]2CCCN2C(=O)C(C)(C)C)n1. The van der Waals surface area contributed by atoms with Crippen LogP contribution >= 0.6 is 11.3 Å². The molecule has 0 aromatic carbocycles. The summed E-state index contributed by atoms with van der Waals surface area (Å²) < 4.78 is 0. The van der Waals surface area contributed by atoms with Crippen LogP contribution in [0.1, 0.15) is 56.9 Å². The Morgan fingerprint density at radius 1 is 1.21 bits per heavy atom. The van der Waals surface area contributed by atoms with Crippen LogP contribution in [-0.4, -0.2) is 32.3 Å². The standard InChI is InChI=1S/C18H24N4OS/c1-11-9-13(16-20-12(2)10-24-16)21-15(19-11)14-7-6-8-22(14)17(23)18(3,4)5/h9-10,14H,6-8H2,1-5H3/t14-/m1/s1. The highest BCUT2D eigenvalue weighted by molar-refractivity contribution is 7.13. The van der Waals surface area contributed by atoms with Crippen molar-refractivity contribution in [1.82, 2.24) is 19.9 Å². The zero-order valence-electron chi connectivity index (χ0n) is 15.0. The fraction of sp³-hybridized carbons (Fsp3) is 0.556. The molecule has 2 aromatic rings. The van der Waals surface area contributed by atoms with E-state index >= 15 is 0 Å². The summed E-state index contributed by atoms with van der Waals surface area (Å²) in [6.07, 6.45) is 1.91. The lowest BCUT2D eigenvalue weighted by Gasteiger charge is -2.30. The average molecular weight is 344 g/mol. The van der Waals surface area contributed by atoms with Crippen molar-refractivity contribution in [3.05, 3.63) is 28.7 Å². The largest absolute Gasteiger partial charge is 0.332 e. The molecule has 0 N–H and O–H groups in total. The minimum Gasteiger partial charge on any atom is -0.332 e. The quantitative estimate of drug-likeness (QED) is 0.828. The molecule has 5 nitrogen and oxygen atoms in total. The third-order valence-electron chi connectivity index (χ3n) is 4.16. The highest BCUT2D eigenvalue weighted by Gasteiger charge is 2.37. The summed E-state index contributed by atoms with van der Waals surface area (Å²) >= 11 is 1.59. The number of thiazole rings is 1. The first kappa shape index (κ1) is 17.0. The molecule has 1 saturated heterocycles. The number of carbonyl (C=O) groups is 1. The van der Waals surface area contributed by atoms with Crippen LogP contribution in [-0.2, 0) is 4.79 Å². The first-order chi connectivity index (χ1) is 11.3. The van der Waals surface area contributed by atoms with E-state index in [1.54, 1.807) is 11.3 Å². The minimum absolute atomic E-state index is 0.0311. The number of hydrogen-bond acceptors (Lipinski definition) is 5. The summed E-state index contributed by atoms with van der Waals surface area (Å²) in [7, 11) is 0. The average Bonchev–Trinajstić information content (AvgIpc) is 3.13. The Morgan fingerprint density at radius 3 is 2.58 bits per heavy atom. The molecule has 3 rings (SSSR count). The number of likely N-dealkylation sites (tertiary alicyclic amines) is 1. The Balaban J connectivity index is 1.96. The van der Waals surface area contributed by atoms with E-state index in [0.717, 1.165) is 47.3 Å². The molecule has 0 bridgehead atoms. The first-order valence-electron chi connectivity index (χ1n) is 8.35. The number of hydrogen-bond donors (Lipinski definition) is 0. The second kappa shape index (κ2) is 6.24. The summed E-state index contributed by atoms with van der Waals surface area (Å²) in [5.74, 6) is 0.912. The molecule has 0 saturated carbocycles. The van der Waals surface area contributed by atoms with E-state index in [2.05, 4.69) is 9.97 Å². The highest BCUT2D eigenvalue weighted by atomic mass is 32.1. The Morgan fingerprint density at radius 2 is 1.96 bits per heavy atom. The van der Waals surface area contributed by atoms with E-state index in [1.165, 1.54) is 0 Å². The maximum absolute atomic E-state index is 12.8. The van der Waals surface area contributed by atoms with E-state index in [9.17, 15) is 4.79 Å². The lowest BCUT2D eigenvalue weighted by atomic mass is 9.94. The van der Waals surface area contributed by atoms with Gasteiger partial charge in [-0.25, -0.2) is 15.0 Å². The fourth-order valence-corrected chi connectivity index (χ4v) is 3.79. The van der Waals surface area contributed by atoms with Crippen LogP contribution in [0.4, 0.5) is 0 Å². The van der Waals surface area contributed by atoms with Crippen molar-refractivity contribution >= 4 is 17.2 Å². The maximum atomic E-state index is 12.8. The highest BCUT2D eigenvalue weighted by Crippen LogP contribution is 2.35. The predicted octanol–water partition coefficient (Wildman–Crippen LogP) is 3.93. The van der Waals surface area contributed by atoms with E-state index in [-0.39, 0.29) is 17.4 Å². The molecule has 1 atom stereocenters. The molecule has 0 aliphatic carbocycles. The third-order valence-corrected chi connectivity index (χ3v) is 5.15. The van der Waals surface area contributed by atoms with Crippen LogP contribution in [0.25, 0.3) is 10.7 Å². The van der Waals surface area contributed by atoms with Crippen molar-refractivity contribution in [1.29, 1.82) is 0 Å². The summed E-state index contributed by atoms with van der Waals surface area (Å²) in [5, 5.41) is 2.93. The molecular weight excluding hydrogens is 320 g/mol. The third kappa shape index (κ3) is 3.34. The van der Waals surface area contributed by atoms with Crippen LogP contribution < -0.4 is 0 Å². The van der Waals surface area contributed by atoms with Gasteiger partial charge < -0.3 is 4.90 Å². The van der Waals surface area contributed by atoms with E-state index in [0.29, 0.717) is 0 Å². The van der Waals surface area contributed by atoms with Crippen LogP contribution in [0, 0.1) is 19.3 Å². The number of nitrogens with zero attached hydrogens (tertiary/aromatic N) is 4. The molecular formula is C18H24N4OS. The summed E-state index contributed by atoms with van der Waals surface area (Å²) in [4.78, 5) is 28.6. The van der Waals surface area contributed by atoms with Gasteiger partial charge in [0.15, 0.2) is 5.82 Å². The number of carbonyl (C=O) groups excluding carboxylic acids is 1. The van der Waals surface area contributed by atoms with Crippen LogP contribution in [0.5, 0.6) is 0 Å². The van der Waals surface area contributed by atoms with Gasteiger partial charge in [0, 0.05) is 28.7 Å². The van der Waals surface area contributed by atoms with E-state index in [1.807, 2.05) is 51.0 Å². The second-order valence-electron chi connectivity index (χ2n) is 7.45. The molecule has 3 heterocycles. The minimum atomic E-state index is -0.387. The van der Waals surface area contributed by atoms with Crippen LogP contribution in [0.3, 0.4) is 0 Å². The van der Waals surface area contributed by atoms with Crippen LogP contribution in [0.2, 0.25) is 0 Å². The van der Waals surface area contributed by atoms with Crippen molar-refractivity contribution < 1.29 is 4.79 Å². The van der Waals surface area contributed by atoms with E-state index < -0.39 is 0 Å². The fourth-order valence-electron chi connectivity index (χ4n) is 3.03. The van der Waals surface area contributed by atoms with Gasteiger partial charge in [-0.1, -0.05) is 20.8 Å². The zero-order valence-corrected chi connectivity index (χ0v) is 15.8. The number of amides is 1. The van der Waals surface area contributed by atoms with Gasteiger partial charge in [-0.2, -0.15) is 0 Å². The zero-order chi connectivity index (χ0) is 17.5. The van der Waals surface area contributed by atoms with Crippen molar-refractivity contribution in [2.75, 3.05) is 6.54 Å². The normalized spacial score (nSPS) is 18.2. The Kier molecular flexibility index (Phi) is 4.42. The van der Waals surface area contributed by atoms with Gasteiger partial charge in [0.2, 0.25) is 5.91 Å². The van der Waals surface area contributed by atoms with Gasteiger partial charge in [0.05, 0.1) is 6.04 Å². The Hall–Kier alpha value is -1.82. The monoisotopic (exact) mass is 344 g/mol. The number of aryl methyl sites for hydroxylation is 2. The molecule has 1 aliphatic heterocycles. The second-order valence-corrected chi connectivity index (χ2v) is 8.31. The van der Waals surface area contributed by atoms with Crippen LogP contribution in [0.15, 0.2) is 11.4 Å². The van der Waals surface area contributed by atoms with Gasteiger partial charge >= 0.3 is 0 Å².